The molecule has 0 saturated carbocycles. The van der Waals surface area contributed by atoms with Crippen LogP contribution in [0.1, 0.15) is 55.7 Å². The summed E-state index contributed by atoms with van der Waals surface area (Å²) in [7, 11) is 0. The third kappa shape index (κ3) is 2.34. The first-order chi connectivity index (χ1) is 7.31. The predicted octanol–water partition coefficient (Wildman–Crippen LogP) is 2.16. The van der Waals surface area contributed by atoms with Crippen molar-refractivity contribution < 1.29 is 0 Å². The normalized spacial score (nSPS) is 20.0. The van der Waals surface area contributed by atoms with Gasteiger partial charge in [0, 0.05) is 29.9 Å². The van der Waals surface area contributed by atoms with Crippen LogP contribution >= 0.6 is 0 Å². The van der Waals surface area contributed by atoms with E-state index in [1.165, 1.54) is 30.5 Å². The summed E-state index contributed by atoms with van der Waals surface area (Å²) in [6, 6.07) is 0.161. The summed E-state index contributed by atoms with van der Waals surface area (Å²) in [5.74, 6) is 0.990. The number of fused-ring (bicyclic) bond motifs is 1. The van der Waals surface area contributed by atoms with Crippen LogP contribution in [0, 0.1) is 0 Å². The Kier molecular flexibility index (Phi) is 3.31. The van der Waals surface area contributed by atoms with Gasteiger partial charge in [0.2, 0.25) is 0 Å². The Morgan fingerprint density at radius 3 is 3.20 bits per heavy atom. The maximum absolute atomic E-state index is 6.02. The number of nitrogens with zero attached hydrogens (tertiary/aromatic N) is 2. The third-order valence-electron chi connectivity index (χ3n) is 3.03. The summed E-state index contributed by atoms with van der Waals surface area (Å²) >= 11 is 0. The molecular weight excluding hydrogens is 186 g/mol. The van der Waals surface area contributed by atoms with E-state index in [0.29, 0.717) is 0 Å². The lowest BCUT2D eigenvalue weighted by Gasteiger charge is -2.20. The highest BCUT2D eigenvalue weighted by atomic mass is 14.9. The molecule has 3 heteroatoms. The molecule has 0 amide bonds. The van der Waals surface area contributed by atoms with E-state index in [9.17, 15) is 0 Å². The standard InChI is InChI=1S/C12H19N3/c1-2-3-7-12-14-8-9-10(13)5-4-6-11(9)15-12/h8,10H,2-7,13H2,1H3. The molecule has 2 rings (SSSR count). The van der Waals surface area contributed by atoms with Gasteiger partial charge < -0.3 is 5.73 Å². The molecule has 1 unspecified atom stereocenters. The number of rotatable bonds is 3. The van der Waals surface area contributed by atoms with Crippen molar-refractivity contribution in [3.05, 3.63) is 23.3 Å². The zero-order chi connectivity index (χ0) is 10.7. The Balaban J connectivity index is 2.18. The number of hydrogen-bond donors (Lipinski definition) is 1. The van der Waals surface area contributed by atoms with Crippen molar-refractivity contribution in [2.75, 3.05) is 0 Å². The molecule has 1 heterocycles. The van der Waals surface area contributed by atoms with Crippen LogP contribution in [0.2, 0.25) is 0 Å². The van der Waals surface area contributed by atoms with Gasteiger partial charge in [-0.2, -0.15) is 0 Å². The van der Waals surface area contributed by atoms with Crippen LogP contribution in [0.15, 0.2) is 6.20 Å². The Morgan fingerprint density at radius 2 is 2.40 bits per heavy atom. The van der Waals surface area contributed by atoms with Gasteiger partial charge in [0.1, 0.15) is 5.82 Å². The molecule has 2 N–H and O–H groups in total. The second-order valence-electron chi connectivity index (χ2n) is 4.29. The first-order valence-electron chi connectivity index (χ1n) is 5.91. The molecule has 0 aromatic carbocycles. The lowest BCUT2D eigenvalue weighted by atomic mass is 9.93. The molecule has 1 atom stereocenters. The fourth-order valence-electron chi connectivity index (χ4n) is 2.08. The fraction of sp³-hybridized carbons (Fsp3) is 0.667. The van der Waals surface area contributed by atoms with Gasteiger partial charge in [-0.05, 0) is 25.7 Å². The minimum absolute atomic E-state index is 0.161. The van der Waals surface area contributed by atoms with E-state index in [1.807, 2.05) is 6.20 Å². The summed E-state index contributed by atoms with van der Waals surface area (Å²) in [5, 5.41) is 0. The summed E-state index contributed by atoms with van der Waals surface area (Å²) in [4.78, 5) is 9.00. The van der Waals surface area contributed by atoms with E-state index >= 15 is 0 Å². The SMILES string of the molecule is CCCCc1ncc2c(n1)CCCC2N. The van der Waals surface area contributed by atoms with Gasteiger partial charge in [0.15, 0.2) is 0 Å². The molecule has 1 aliphatic carbocycles. The number of aromatic nitrogens is 2. The van der Waals surface area contributed by atoms with Gasteiger partial charge in [0.25, 0.3) is 0 Å². The van der Waals surface area contributed by atoms with Crippen LogP contribution in [-0.2, 0) is 12.8 Å². The van der Waals surface area contributed by atoms with Gasteiger partial charge in [-0.25, -0.2) is 9.97 Å². The number of hydrogen-bond acceptors (Lipinski definition) is 3. The highest BCUT2D eigenvalue weighted by Crippen LogP contribution is 2.25. The monoisotopic (exact) mass is 205 g/mol. The van der Waals surface area contributed by atoms with E-state index in [4.69, 9.17) is 5.73 Å². The summed E-state index contributed by atoms with van der Waals surface area (Å²) in [5.41, 5.74) is 8.37. The second-order valence-corrected chi connectivity index (χ2v) is 4.29. The van der Waals surface area contributed by atoms with Crippen molar-refractivity contribution in [2.45, 2.75) is 51.5 Å². The summed E-state index contributed by atoms with van der Waals surface area (Å²) in [6.07, 6.45) is 8.62. The second kappa shape index (κ2) is 4.71. The maximum Gasteiger partial charge on any atom is 0.128 e. The van der Waals surface area contributed by atoms with Crippen LogP contribution in [0.25, 0.3) is 0 Å². The molecule has 0 aliphatic heterocycles. The molecule has 0 saturated heterocycles. The largest absolute Gasteiger partial charge is 0.324 e. The fourth-order valence-corrected chi connectivity index (χ4v) is 2.08. The van der Waals surface area contributed by atoms with Crippen molar-refractivity contribution >= 4 is 0 Å². The highest BCUT2D eigenvalue weighted by Gasteiger charge is 2.18. The zero-order valence-corrected chi connectivity index (χ0v) is 9.37. The average molecular weight is 205 g/mol. The molecule has 0 spiro atoms. The molecule has 1 aromatic heterocycles. The first-order valence-corrected chi connectivity index (χ1v) is 5.91. The molecule has 1 aliphatic rings. The third-order valence-corrected chi connectivity index (χ3v) is 3.03. The molecule has 1 aromatic rings. The van der Waals surface area contributed by atoms with E-state index < -0.39 is 0 Å². The number of aryl methyl sites for hydroxylation is 2. The quantitative estimate of drug-likeness (QED) is 0.822. The van der Waals surface area contributed by atoms with Crippen LogP contribution in [0.4, 0.5) is 0 Å². The predicted molar refractivity (Wildman–Crippen MR) is 60.5 cm³/mol. The van der Waals surface area contributed by atoms with E-state index in [1.54, 1.807) is 0 Å². The lowest BCUT2D eigenvalue weighted by molar-refractivity contribution is 0.551. The molecule has 82 valence electrons. The molecule has 15 heavy (non-hydrogen) atoms. The van der Waals surface area contributed by atoms with Gasteiger partial charge in [-0.3, -0.25) is 0 Å². The molecule has 0 bridgehead atoms. The van der Waals surface area contributed by atoms with E-state index in [2.05, 4.69) is 16.9 Å². The van der Waals surface area contributed by atoms with Crippen molar-refractivity contribution in [2.24, 2.45) is 5.73 Å². The number of unbranched alkanes of at least 4 members (excludes halogenated alkanes) is 1. The highest BCUT2D eigenvalue weighted by molar-refractivity contribution is 5.24. The Bertz CT molecular complexity index is 336. The maximum atomic E-state index is 6.02. The average Bonchev–Trinajstić information content (AvgIpc) is 2.26. The zero-order valence-electron chi connectivity index (χ0n) is 9.37. The van der Waals surface area contributed by atoms with E-state index in [-0.39, 0.29) is 6.04 Å². The van der Waals surface area contributed by atoms with Gasteiger partial charge in [-0.15, -0.1) is 0 Å². The molecule has 0 radical (unpaired) electrons. The van der Waals surface area contributed by atoms with Gasteiger partial charge >= 0.3 is 0 Å². The van der Waals surface area contributed by atoms with Crippen LogP contribution in [0.3, 0.4) is 0 Å². The summed E-state index contributed by atoms with van der Waals surface area (Å²) in [6.45, 7) is 2.19. The smallest absolute Gasteiger partial charge is 0.128 e. The first kappa shape index (κ1) is 10.6. The Morgan fingerprint density at radius 1 is 1.53 bits per heavy atom. The number of nitrogens with two attached hydrogens (primary N) is 1. The Labute approximate surface area is 91.1 Å². The van der Waals surface area contributed by atoms with Crippen LogP contribution in [-0.4, -0.2) is 9.97 Å². The van der Waals surface area contributed by atoms with Crippen LogP contribution in [0.5, 0.6) is 0 Å². The van der Waals surface area contributed by atoms with Crippen molar-refractivity contribution in [3.63, 3.8) is 0 Å². The summed E-state index contributed by atoms with van der Waals surface area (Å²) < 4.78 is 0. The van der Waals surface area contributed by atoms with Gasteiger partial charge in [-0.1, -0.05) is 13.3 Å². The lowest BCUT2D eigenvalue weighted by Crippen LogP contribution is -2.19. The van der Waals surface area contributed by atoms with Crippen molar-refractivity contribution in [1.29, 1.82) is 0 Å². The molecular formula is C12H19N3. The molecule has 3 nitrogen and oxygen atoms in total. The van der Waals surface area contributed by atoms with Crippen molar-refractivity contribution in [1.82, 2.24) is 9.97 Å². The topological polar surface area (TPSA) is 51.8 Å². The minimum Gasteiger partial charge on any atom is -0.324 e. The van der Waals surface area contributed by atoms with E-state index in [0.717, 1.165) is 25.1 Å². The van der Waals surface area contributed by atoms with Crippen molar-refractivity contribution in [3.8, 4) is 0 Å². The Hall–Kier alpha value is -0.960. The van der Waals surface area contributed by atoms with Gasteiger partial charge in [0.05, 0.1) is 0 Å². The van der Waals surface area contributed by atoms with Crippen LogP contribution < -0.4 is 5.73 Å². The minimum atomic E-state index is 0.161. The molecule has 0 fully saturated rings.